The molecule has 10 heteroatoms. The molecule has 0 unspecified atom stereocenters. The molecule has 1 aliphatic carbocycles. The second-order valence-electron chi connectivity index (χ2n) is 9.30. The van der Waals surface area contributed by atoms with Gasteiger partial charge in [-0.05, 0) is 59.9 Å². The molecule has 0 spiro atoms. The van der Waals surface area contributed by atoms with E-state index in [0.717, 1.165) is 5.56 Å². The zero-order chi connectivity index (χ0) is 27.9. The van der Waals surface area contributed by atoms with Crippen LogP contribution in [0, 0.1) is 0 Å². The number of benzene rings is 3. The molecular weight excluding hydrogens is 533 g/mol. The highest BCUT2D eigenvalue weighted by Crippen LogP contribution is 2.49. The van der Waals surface area contributed by atoms with Crippen molar-refractivity contribution in [3.63, 3.8) is 0 Å². The first-order valence-electron chi connectivity index (χ1n) is 12.1. The van der Waals surface area contributed by atoms with Crippen LogP contribution in [0.5, 0.6) is 11.5 Å². The van der Waals surface area contributed by atoms with Crippen LogP contribution in [0.3, 0.4) is 0 Å². The van der Waals surface area contributed by atoms with Gasteiger partial charge in [-0.25, -0.2) is 0 Å². The standard InChI is InChI=1S/C29H24ClF3N2O4/c1-38-24-12-9-17(15-25(24)39-2)18-13-21-26(23(36)14-18)27(16-7-10-19(30)11-8-16)35(28(37)29(31,32)33)22-6-4-3-5-20(22)34-21/h3-12,15,18,27,34H,13-14H2,1-2H3/t18-,27+/m1/s1. The second-order valence-corrected chi connectivity index (χ2v) is 9.74. The summed E-state index contributed by atoms with van der Waals surface area (Å²) in [4.78, 5) is 27.5. The van der Waals surface area contributed by atoms with Gasteiger partial charge in [0.15, 0.2) is 17.3 Å². The van der Waals surface area contributed by atoms with Crippen LogP contribution in [0.4, 0.5) is 24.5 Å². The summed E-state index contributed by atoms with van der Waals surface area (Å²) < 4.78 is 52.7. The van der Waals surface area contributed by atoms with Gasteiger partial charge in [0.2, 0.25) is 0 Å². The number of Topliss-reactive ketones (excluding diaryl/α,β-unsaturated/α-hetero) is 1. The predicted octanol–water partition coefficient (Wildman–Crippen LogP) is 6.82. The molecule has 6 nitrogen and oxygen atoms in total. The Hall–Kier alpha value is -3.98. The van der Waals surface area contributed by atoms with Crippen molar-refractivity contribution in [1.82, 2.24) is 0 Å². The van der Waals surface area contributed by atoms with E-state index in [2.05, 4.69) is 5.32 Å². The second kappa shape index (κ2) is 10.3. The SMILES string of the molecule is COc1ccc([C@H]2CC(=O)C3=C(C2)Nc2ccccc2N(C(=O)C(F)(F)F)[C@H]3c2ccc(Cl)cc2)cc1OC. The van der Waals surface area contributed by atoms with Crippen LogP contribution in [0.2, 0.25) is 5.02 Å². The van der Waals surface area contributed by atoms with Crippen LogP contribution < -0.4 is 19.7 Å². The van der Waals surface area contributed by atoms with Crippen molar-refractivity contribution in [2.24, 2.45) is 0 Å². The first-order valence-corrected chi connectivity index (χ1v) is 12.5. The van der Waals surface area contributed by atoms with Crippen molar-refractivity contribution < 1.29 is 32.2 Å². The van der Waals surface area contributed by atoms with Crippen molar-refractivity contribution in [2.45, 2.75) is 31.0 Å². The molecule has 39 heavy (non-hydrogen) atoms. The van der Waals surface area contributed by atoms with Gasteiger partial charge in [0, 0.05) is 22.7 Å². The number of carbonyl (C=O) groups excluding carboxylic acids is 2. The van der Waals surface area contributed by atoms with Crippen LogP contribution in [0.25, 0.3) is 0 Å². The van der Waals surface area contributed by atoms with Gasteiger partial charge in [-0.2, -0.15) is 13.2 Å². The number of fused-ring (bicyclic) bond motifs is 1. The van der Waals surface area contributed by atoms with Crippen molar-refractivity contribution in [2.75, 3.05) is 24.4 Å². The lowest BCUT2D eigenvalue weighted by atomic mass is 9.78. The van der Waals surface area contributed by atoms with Gasteiger partial charge in [-0.15, -0.1) is 0 Å². The Labute approximate surface area is 228 Å². The molecule has 0 saturated heterocycles. The van der Waals surface area contributed by atoms with E-state index in [4.69, 9.17) is 21.1 Å². The fourth-order valence-corrected chi connectivity index (χ4v) is 5.38. The number of nitrogens with one attached hydrogen (secondary N) is 1. The zero-order valence-electron chi connectivity index (χ0n) is 21.0. The summed E-state index contributed by atoms with van der Waals surface area (Å²) in [6.45, 7) is 0. The first kappa shape index (κ1) is 26.6. The van der Waals surface area contributed by atoms with Crippen molar-refractivity contribution in [3.8, 4) is 11.5 Å². The molecule has 3 aromatic rings. The number of para-hydroxylation sites is 2. The topological polar surface area (TPSA) is 67.9 Å². The number of hydrogen-bond acceptors (Lipinski definition) is 5. The number of nitrogens with zero attached hydrogens (tertiary/aromatic N) is 1. The summed E-state index contributed by atoms with van der Waals surface area (Å²) in [6, 6.07) is 16.4. The molecule has 5 rings (SSSR count). The number of allylic oxidation sites excluding steroid dienone is 1. The normalized spacial score (nSPS) is 19.0. The van der Waals surface area contributed by atoms with E-state index in [9.17, 15) is 22.8 Å². The number of ketones is 1. The maximum absolute atomic E-state index is 14.0. The van der Waals surface area contributed by atoms with Crippen molar-refractivity contribution >= 4 is 34.7 Å². The fourth-order valence-electron chi connectivity index (χ4n) is 5.25. The Bertz CT molecular complexity index is 1470. The third-order valence-corrected chi connectivity index (χ3v) is 7.27. The van der Waals surface area contributed by atoms with E-state index >= 15 is 0 Å². The molecule has 0 saturated carbocycles. The lowest BCUT2D eigenvalue weighted by Crippen LogP contribution is -2.45. The molecule has 0 aromatic heterocycles. The van der Waals surface area contributed by atoms with Crippen LogP contribution in [-0.2, 0) is 9.59 Å². The van der Waals surface area contributed by atoms with E-state index in [1.807, 2.05) is 6.07 Å². The smallest absolute Gasteiger partial charge is 0.471 e. The molecule has 0 bridgehead atoms. The number of hydrogen-bond donors (Lipinski definition) is 1. The lowest BCUT2D eigenvalue weighted by molar-refractivity contribution is -0.170. The number of anilines is 2. The molecule has 2 atom stereocenters. The van der Waals surface area contributed by atoms with Crippen molar-refractivity contribution in [1.29, 1.82) is 0 Å². The summed E-state index contributed by atoms with van der Waals surface area (Å²) >= 11 is 6.06. The minimum Gasteiger partial charge on any atom is -0.493 e. The summed E-state index contributed by atoms with van der Waals surface area (Å²) in [6.07, 6.45) is -4.82. The fraction of sp³-hybridized carbons (Fsp3) is 0.241. The molecule has 1 aliphatic heterocycles. The highest BCUT2D eigenvalue weighted by molar-refractivity contribution is 6.30. The monoisotopic (exact) mass is 556 g/mol. The van der Waals surface area contributed by atoms with Gasteiger partial charge in [0.05, 0.1) is 31.6 Å². The molecule has 202 valence electrons. The van der Waals surface area contributed by atoms with Crippen molar-refractivity contribution in [3.05, 3.63) is 94.1 Å². The van der Waals surface area contributed by atoms with Gasteiger partial charge in [-0.1, -0.05) is 41.9 Å². The van der Waals surface area contributed by atoms with E-state index in [-0.39, 0.29) is 29.4 Å². The number of carbonyl (C=O) groups is 2. The molecular formula is C29H24ClF3N2O4. The number of ether oxygens (including phenoxy) is 2. The van der Waals surface area contributed by atoms with E-state index in [0.29, 0.717) is 44.8 Å². The summed E-state index contributed by atoms with van der Waals surface area (Å²) in [5.41, 5.74) is 2.03. The minimum atomic E-state index is -5.18. The van der Waals surface area contributed by atoms with Gasteiger partial charge < -0.3 is 14.8 Å². The lowest BCUT2D eigenvalue weighted by Gasteiger charge is -2.35. The quantitative estimate of drug-likeness (QED) is 0.382. The molecule has 2 aliphatic rings. The Morgan fingerprint density at radius 2 is 1.62 bits per heavy atom. The molecule has 1 N–H and O–H groups in total. The van der Waals surface area contributed by atoms with Gasteiger partial charge in [0.25, 0.3) is 0 Å². The van der Waals surface area contributed by atoms with Gasteiger partial charge >= 0.3 is 12.1 Å². The Morgan fingerprint density at radius 1 is 0.949 bits per heavy atom. The number of rotatable bonds is 4. The largest absolute Gasteiger partial charge is 0.493 e. The van der Waals surface area contributed by atoms with Gasteiger partial charge in [-0.3, -0.25) is 14.5 Å². The number of alkyl halides is 3. The van der Waals surface area contributed by atoms with Gasteiger partial charge in [0.1, 0.15) is 0 Å². The third-order valence-electron chi connectivity index (χ3n) is 7.01. The van der Waals surface area contributed by atoms with E-state index in [1.165, 1.54) is 44.6 Å². The maximum atomic E-state index is 14.0. The van der Waals surface area contributed by atoms with Crippen LogP contribution in [-0.4, -0.2) is 32.1 Å². The van der Waals surface area contributed by atoms with Crippen LogP contribution >= 0.6 is 11.6 Å². The average molecular weight is 557 g/mol. The number of amides is 1. The van der Waals surface area contributed by atoms with E-state index < -0.39 is 18.1 Å². The number of halogens is 4. The Morgan fingerprint density at radius 3 is 2.28 bits per heavy atom. The van der Waals surface area contributed by atoms with E-state index in [1.54, 1.807) is 30.3 Å². The highest BCUT2D eigenvalue weighted by Gasteiger charge is 2.50. The number of methoxy groups -OCH3 is 2. The summed E-state index contributed by atoms with van der Waals surface area (Å²) in [7, 11) is 3.04. The van der Waals surface area contributed by atoms with Crippen LogP contribution in [0.1, 0.15) is 35.9 Å². The molecule has 0 radical (unpaired) electrons. The predicted molar refractivity (Wildman–Crippen MR) is 141 cm³/mol. The van der Waals surface area contributed by atoms with Crippen LogP contribution in [0.15, 0.2) is 78.0 Å². The highest BCUT2D eigenvalue weighted by atomic mass is 35.5. The average Bonchev–Trinajstić information content (AvgIpc) is 3.06. The Balaban J connectivity index is 1.69. The minimum absolute atomic E-state index is 0.0182. The molecule has 0 fully saturated rings. The first-order chi connectivity index (χ1) is 18.6. The summed E-state index contributed by atoms with van der Waals surface area (Å²) in [5.74, 6) is -1.68. The molecule has 3 aromatic carbocycles. The third kappa shape index (κ3) is 4.94. The summed E-state index contributed by atoms with van der Waals surface area (Å²) in [5, 5.41) is 3.58. The maximum Gasteiger partial charge on any atom is 0.471 e. The Kier molecular flexibility index (Phi) is 7.03. The molecule has 1 amide bonds. The molecule has 1 heterocycles. The zero-order valence-corrected chi connectivity index (χ0v) is 21.8.